The van der Waals surface area contributed by atoms with Gasteiger partial charge in [0.2, 0.25) is 15.0 Å². The minimum Gasteiger partial charge on any atom is -0.495 e. The maximum Gasteiger partial charge on any atom is 0.421 e. The molecule has 0 bridgehead atoms. The number of para-hydroxylation sites is 2. The number of nitrogens with zero attached hydrogens (tertiary/aromatic N) is 3. The van der Waals surface area contributed by atoms with Gasteiger partial charge in [-0.3, -0.25) is 14.6 Å². The van der Waals surface area contributed by atoms with E-state index in [0.29, 0.717) is 4.57 Å². The molecule has 0 aliphatic carbocycles. The second-order valence-electron chi connectivity index (χ2n) is 6.70. The molecule has 1 aliphatic heterocycles. The molecule has 0 fully saturated rings. The number of halogens is 3. The molecule has 5 N–H and O–H groups in total. The third-order valence-electron chi connectivity index (χ3n) is 4.75. The molecule has 1 aliphatic rings. The first-order valence-electron chi connectivity index (χ1n) is 8.88. The summed E-state index contributed by atoms with van der Waals surface area (Å²) >= 11 is 0.230. The molecular weight excluding hydrogens is 507 g/mol. The van der Waals surface area contributed by atoms with Gasteiger partial charge in [-0.2, -0.15) is 17.9 Å². The van der Waals surface area contributed by atoms with E-state index in [4.69, 9.17) is 10.5 Å². The van der Waals surface area contributed by atoms with E-state index in [2.05, 4.69) is 10.2 Å². The Labute approximate surface area is 190 Å². The summed E-state index contributed by atoms with van der Waals surface area (Å²) in [7, 11) is -3.97. The van der Waals surface area contributed by atoms with Crippen LogP contribution in [0.2, 0.25) is 0 Å². The highest BCUT2D eigenvalue weighted by atomic mass is 32.2. The van der Waals surface area contributed by atoms with Crippen LogP contribution >= 0.6 is 11.3 Å². The summed E-state index contributed by atoms with van der Waals surface area (Å²) in [6, 6.07) is 5.56. The molecule has 34 heavy (non-hydrogen) atoms. The van der Waals surface area contributed by atoms with E-state index in [0.717, 1.165) is 0 Å². The molecule has 180 valence electrons. The largest absolute Gasteiger partial charge is 0.495 e. The molecule has 0 saturated heterocycles. The van der Waals surface area contributed by atoms with Crippen molar-refractivity contribution in [3.8, 4) is 11.4 Å². The van der Waals surface area contributed by atoms with Crippen molar-refractivity contribution in [3.05, 3.63) is 50.7 Å². The van der Waals surface area contributed by atoms with Gasteiger partial charge in [-0.15, -0.1) is 10.2 Å². The summed E-state index contributed by atoms with van der Waals surface area (Å²) in [6.45, 7) is 0. The molecule has 1 amide bonds. The number of ether oxygens (including phenoxy) is 1. The third-order valence-corrected chi connectivity index (χ3v) is 7.32. The van der Waals surface area contributed by atoms with E-state index in [1.165, 1.54) is 36.1 Å². The number of hydrogen-bond donors (Lipinski definition) is 4. The summed E-state index contributed by atoms with van der Waals surface area (Å²) in [4.78, 5) is 39.7. The molecule has 1 atom stereocenters. The van der Waals surface area contributed by atoms with Crippen molar-refractivity contribution in [2.75, 3.05) is 18.2 Å². The van der Waals surface area contributed by atoms with Gasteiger partial charge >= 0.3 is 11.9 Å². The molecule has 0 radical (unpaired) electrons. The van der Waals surface area contributed by atoms with Crippen LogP contribution in [-0.2, 0) is 20.4 Å². The summed E-state index contributed by atoms with van der Waals surface area (Å²) in [5.41, 5.74) is -3.23. The molecule has 13 nitrogen and oxygen atoms in total. The molecule has 18 heteroatoms. The highest BCUT2D eigenvalue weighted by molar-refractivity contribution is 7.91. The number of fused-ring (bicyclic) bond motifs is 1. The van der Waals surface area contributed by atoms with Crippen molar-refractivity contribution in [1.29, 1.82) is 0 Å². The van der Waals surface area contributed by atoms with Crippen molar-refractivity contribution < 1.29 is 31.1 Å². The first kappa shape index (κ1) is 23.4. The van der Waals surface area contributed by atoms with Crippen LogP contribution in [0.15, 0.2) is 38.2 Å². The Kier molecular flexibility index (Phi) is 5.25. The monoisotopic (exact) mass is 519 g/mol. The van der Waals surface area contributed by atoms with E-state index in [1.807, 2.05) is 5.32 Å². The number of amides is 1. The number of anilines is 2. The Morgan fingerprint density at radius 3 is 2.47 bits per heavy atom. The van der Waals surface area contributed by atoms with Gasteiger partial charge < -0.3 is 15.8 Å². The molecule has 0 spiro atoms. The standard InChI is InChI=1S/C16H12F3N7O6S2/c1-32-7-5-3-2-4-6(7)26-9-8(10(27)22-13(26)29)15(11(28)21-9,16(17,18)19)25-34(30,31)14-24-23-12(20)33-14/h2-5,25H,1H3,(H2,20,23)(H,21,28)(H,22,27,29). The van der Waals surface area contributed by atoms with Crippen LogP contribution in [-0.4, -0.2) is 47.4 Å². The van der Waals surface area contributed by atoms with Gasteiger partial charge in [0, 0.05) is 0 Å². The quantitative estimate of drug-likeness (QED) is 0.349. The van der Waals surface area contributed by atoms with Crippen LogP contribution in [0.25, 0.3) is 5.69 Å². The summed E-state index contributed by atoms with van der Waals surface area (Å²) in [6.07, 6.45) is -5.69. The fourth-order valence-corrected chi connectivity index (χ4v) is 5.47. The summed E-state index contributed by atoms with van der Waals surface area (Å²) in [5, 5.41) is 7.85. The highest BCUT2D eigenvalue weighted by Crippen LogP contribution is 2.46. The minimum atomic E-state index is -5.69. The Morgan fingerprint density at radius 2 is 1.88 bits per heavy atom. The Balaban J connectivity index is 2.05. The SMILES string of the molecule is COc1ccccc1-n1c2c(c(=O)[nH]c1=O)C(NS(=O)(=O)c1nnc(N)s1)(C(F)(F)F)C(=O)N2. The zero-order valence-electron chi connectivity index (χ0n) is 16.6. The molecule has 0 saturated carbocycles. The summed E-state index contributed by atoms with van der Waals surface area (Å²) < 4.78 is 74.7. The fourth-order valence-electron chi connectivity index (χ4n) is 3.36. The second kappa shape index (κ2) is 7.64. The van der Waals surface area contributed by atoms with E-state index in [-0.39, 0.29) is 27.9 Å². The van der Waals surface area contributed by atoms with E-state index < -0.39 is 54.6 Å². The number of rotatable bonds is 5. The maximum absolute atomic E-state index is 14.4. The van der Waals surface area contributed by atoms with E-state index in [1.54, 1.807) is 4.98 Å². The number of methoxy groups -OCH3 is 1. The number of aromatic nitrogens is 4. The average Bonchev–Trinajstić information content (AvgIpc) is 3.30. The van der Waals surface area contributed by atoms with Gasteiger partial charge in [0.05, 0.1) is 18.4 Å². The number of nitrogens with two attached hydrogens (primary N) is 1. The number of sulfonamides is 1. The number of nitrogens with one attached hydrogen (secondary N) is 3. The smallest absolute Gasteiger partial charge is 0.421 e. The molecule has 3 aromatic rings. The number of hydrogen-bond acceptors (Lipinski definition) is 10. The third kappa shape index (κ3) is 3.33. The van der Waals surface area contributed by atoms with Crippen molar-refractivity contribution in [2.24, 2.45) is 0 Å². The molecule has 1 unspecified atom stereocenters. The lowest BCUT2D eigenvalue weighted by molar-refractivity contribution is -0.194. The van der Waals surface area contributed by atoms with Crippen molar-refractivity contribution in [1.82, 2.24) is 24.5 Å². The van der Waals surface area contributed by atoms with Crippen LogP contribution < -0.4 is 31.8 Å². The minimum absolute atomic E-state index is 0.00234. The molecular formula is C16H12F3N7O6S2. The van der Waals surface area contributed by atoms with Gasteiger partial charge in [0.1, 0.15) is 11.6 Å². The van der Waals surface area contributed by atoms with Gasteiger partial charge in [0.15, 0.2) is 0 Å². The molecule has 3 heterocycles. The maximum atomic E-state index is 14.4. The van der Waals surface area contributed by atoms with Crippen LogP contribution in [0, 0.1) is 0 Å². The predicted octanol–water partition coefficient (Wildman–Crippen LogP) is -0.344. The number of nitrogen functional groups attached to an aromatic ring is 1. The molecule has 2 aromatic heterocycles. The average molecular weight is 519 g/mol. The Bertz CT molecular complexity index is 1550. The van der Waals surface area contributed by atoms with Crippen molar-refractivity contribution >= 4 is 38.2 Å². The molecule has 4 rings (SSSR count). The molecule has 1 aromatic carbocycles. The first-order chi connectivity index (χ1) is 15.8. The van der Waals surface area contributed by atoms with Gasteiger partial charge in [-0.25, -0.2) is 17.8 Å². The lowest BCUT2D eigenvalue weighted by Gasteiger charge is -2.29. The van der Waals surface area contributed by atoms with E-state index >= 15 is 0 Å². The van der Waals surface area contributed by atoms with Gasteiger partial charge in [-0.05, 0) is 12.1 Å². The highest BCUT2D eigenvalue weighted by Gasteiger charge is 2.69. The number of carbonyl (C=O) groups is 1. The fraction of sp³-hybridized carbons (Fsp3) is 0.188. The Morgan fingerprint density at radius 1 is 1.21 bits per heavy atom. The van der Waals surface area contributed by atoms with Gasteiger partial charge in [-0.1, -0.05) is 23.5 Å². The number of benzene rings is 1. The lowest BCUT2D eigenvalue weighted by Crippen LogP contribution is -2.61. The van der Waals surface area contributed by atoms with Gasteiger partial charge in [0.25, 0.3) is 21.5 Å². The van der Waals surface area contributed by atoms with Crippen molar-refractivity contribution in [2.45, 2.75) is 16.1 Å². The van der Waals surface area contributed by atoms with Crippen LogP contribution in [0.5, 0.6) is 5.75 Å². The van der Waals surface area contributed by atoms with Crippen molar-refractivity contribution in [3.63, 3.8) is 0 Å². The zero-order chi connectivity index (χ0) is 25.1. The number of aromatic amines is 1. The second-order valence-corrected chi connectivity index (χ2v) is 9.57. The van der Waals surface area contributed by atoms with Crippen LogP contribution in [0.4, 0.5) is 24.1 Å². The lowest BCUT2D eigenvalue weighted by atomic mass is 9.93. The first-order valence-corrected chi connectivity index (χ1v) is 11.2. The number of alkyl halides is 3. The summed E-state index contributed by atoms with van der Waals surface area (Å²) in [5.74, 6) is -2.88. The Hall–Kier alpha value is -3.77. The zero-order valence-corrected chi connectivity index (χ0v) is 18.3. The topological polar surface area (TPSA) is 191 Å². The van der Waals surface area contributed by atoms with E-state index in [9.17, 15) is 36.0 Å². The van der Waals surface area contributed by atoms with Crippen LogP contribution in [0.3, 0.4) is 0 Å². The number of H-pyrrole nitrogens is 1. The predicted molar refractivity (Wildman–Crippen MR) is 110 cm³/mol. The number of carbonyl (C=O) groups excluding carboxylic acids is 1. The van der Waals surface area contributed by atoms with Crippen LogP contribution in [0.1, 0.15) is 5.56 Å². The normalized spacial score (nSPS) is 17.9.